The number of hydrogen-bond acceptors (Lipinski definition) is 4. The van der Waals surface area contributed by atoms with Crippen molar-refractivity contribution in [3.05, 3.63) is 0 Å². The molecule has 104 valence electrons. The molecule has 0 aromatic rings. The summed E-state index contributed by atoms with van der Waals surface area (Å²) in [5, 5.41) is 0. The minimum absolute atomic E-state index is 0.0810. The third-order valence-electron chi connectivity index (χ3n) is 4.40. The summed E-state index contributed by atoms with van der Waals surface area (Å²) in [6.45, 7) is 10.2. The average molecular weight is 254 g/mol. The van der Waals surface area contributed by atoms with Crippen molar-refractivity contribution in [2.75, 3.05) is 52.9 Å². The topological polar surface area (TPSA) is 52.8 Å². The molecule has 5 heteroatoms. The fourth-order valence-corrected chi connectivity index (χ4v) is 2.61. The molecule has 0 aromatic carbocycles. The molecule has 0 aliphatic carbocycles. The summed E-state index contributed by atoms with van der Waals surface area (Å²) in [5.74, 6) is 0.737. The van der Waals surface area contributed by atoms with Crippen molar-refractivity contribution in [3.63, 3.8) is 0 Å². The Morgan fingerprint density at radius 3 is 2.28 bits per heavy atom. The normalized spacial score (nSPS) is 25.3. The van der Waals surface area contributed by atoms with E-state index in [1.165, 1.54) is 0 Å². The molecule has 2 heterocycles. The first kappa shape index (κ1) is 13.8. The molecular weight excluding hydrogens is 228 g/mol. The van der Waals surface area contributed by atoms with Crippen molar-refractivity contribution in [3.8, 4) is 0 Å². The highest BCUT2D eigenvalue weighted by molar-refractivity contribution is 5.78. The van der Waals surface area contributed by atoms with E-state index in [0.717, 1.165) is 39.3 Å². The van der Waals surface area contributed by atoms with Gasteiger partial charge in [-0.1, -0.05) is 13.8 Å². The molecular formula is C13H26N4O. The minimum Gasteiger partial charge on any atom is -0.339 e. The molecule has 2 fully saturated rings. The highest BCUT2D eigenvalue weighted by Gasteiger charge is 2.42. The van der Waals surface area contributed by atoms with Gasteiger partial charge in [-0.2, -0.15) is 0 Å². The van der Waals surface area contributed by atoms with Crippen LogP contribution in [0.25, 0.3) is 0 Å². The molecule has 2 rings (SSSR count). The molecule has 0 unspecified atom stereocenters. The molecule has 2 saturated heterocycles. The number of piperazine rings is 1. The fraction of sp³-hybridized carbons (Fsp3) is 0.923. The first-order valence-corrected chi connectivity index (χ1v) is 6.88. The molecule has 1 amide bonds. The smallest absolute Gasteiger partial charge is 0.236 e. The number of carbonyl (C=O) groups excluding carboxylic acids is 1. The molecule has 0 saturated carbocycles. The average Bonchev–Trinajstić information content (AvgIpc) is 2.27. The summed E-state index contributed by atoms with van der Waals surface area (Å²) in [4.78, 5) is 18.5. The molecule has 0 spiro atoms. The maximum Gasteiger partial charge on any atom is 0.236 e. The van der Waals surface area contributed by atoms with Gasteiger partial charge in [-0.15, -0.1) is 0 Å². The number of nitrogens with zero attached hydrogens (tertiary/aromatic N) is 3. The summed E-state index contributed by atoms with van der Waals surface area (Å²) < 4.78 is 0. The van der Waals surface area contributed by atoms with E-state index in [-0.39, 0.29) is 11.4 Å². The zero-order valence-corrected chi connectivity index (χ0v) is 11.9. The Bertz CT molecular complexity index is 304. The Kier molecular flexibility index (Phi) is 3.94. The van der Waals surface area contributed by atoms with Crippen molar-refractivity contribution >= 4 is 5.91 Å². The van der Waals surface area contributed by atoms with Gasteiger partial charge in [-0.05, 0) is 13.0 Å². The van der Waals surface area contributed by atoms with Gasteiger partial charge in [0.05, 0.1) is 6.54 Å². The number of amides is 1. The van der Waals surface area contributed by atoms with Gasteiger partial charge in [0.25, 0.3) is 0 Å². The SMILES string of the molecule is CC(C)C1(N)CN(CC(=O)N2CCN(C)CC2)C1. The van der Waals surface area contributed by atoms with Gasteiger partial charge in [-0.3, -0.25) is 9.69 Å². The van der Waals surface area contributed by atoms with Crippen LogP contribution in [0.5, 0.6) is 0 Å². The Balaban J connectivity index is 1.73. The van der Waals surface area contributed by atoms with Gasteiger partial charge in [0.1, 0.15) is 0 Å². The van der Waals surface area contributed by atoms with Crippen LogP contribution in [0.2, 0.25) is 0 Å². The van der Waals surface area contributed by atoms with E-state index in [1.54, 1.807) is 0 Å². The predicted octanol–water partition coefficient (Wildman–Crippen LogP) is -0.570. The molecule has 2 N–H and O–H groups in total. The van der Waals surface area contributed by atoms with Crippen LogP contribution in [0.4, 0.5) is 0 Å². The number of rotatable bonds is 3. The monoisotopic (exact) mass is 254 g/mol. The van der Waals surface area contributed by atoms with Crippen LogP contribution in [-0.4, -0.2) is 79.0 Å². The lowest BCUT2D eigenvalue weighted by Gasteiger charge is -2.50. The fourth-order valence-electron chi connectivity index (χ4n) is 2.61. The van der Waals surface area contributed by atoms with Gasteiger partial charge in [0.2, 0.25) is 5.91 Å². The summed E-state index contributed by atoms with van der Waals surface area (Å²) in [5.41, 5.74) is 6.15. The standard InChI is InChI=1S/C13H26N4O/c1-11(2)13(14)9-16(10-13)8-12(18)17-6-4-15(3)5-7-17/h11H,4-10,14H2,1-3H3. The third kappa shape index (κ3) is 2.84. The van der Waals surface area contributed by atoms with Crippen LogP contribution in [-0.2, 0) is 4.79 Å². The minimum atomic E-state index is -0.0810. The van der Waals surface area contributed by atoms with E-state index >= 15 is 0 Å². The van der Waals surface area contributed by atoms with Crippen LogP contribution >= 0.6 is 0 Å². The lowest BCUT2D eigenvalue weighted by Crippen LogP contribution is -2.71. The van der Waals surface area contributed by atoms with Crippen LogP contribution in [0.1, 0.15) is 13.8 Å². The molecule has 0 atom stereocenters. The van der Waals surface area contributed by atoms with E-state index in [4.69, 9.17) is 5.73 Å². The molecule has 0 aromatic heterocycles. The highest BCUT2D eigenvalue weighted by Crippen LogP contribution is 2.25. The van der Waals surface area contributed by atoms with Crippen LogP contribution in [0.15, 0.2) is 0 Å². The van der Waals surface area contributed by atoms with Gasteiger partial charge in [0.15, 0.2) is 0 Å². The summed E-state index contributed by atoms with van der Waals surface area (Å²) >= 11 is 0. The summed E-state index contributed by atoms with van der Waals surface area (Å²) in [6.07, 6.45) is 0. The maximum atomic E-state index is 12.1. The van der Waals surface area contributed by atoms with E-state index in [9.17, 15) is 4.79 Å². The van der Waals surface area contributed by atoms with Gasteiger partial charge < -0.3 is 15.5 Å². The van der Waals surface area contributed by atoms with Crippen LogP contribution in [0.3, 0.4) is 0 Å². The second-order valence-corrected chi connectivity index (χ2v) is 6.22. The number of likely N-dealkylation sites (N-methyl/N-ethyl adjacent to an activating group) is 1. The first-order chi connectivity index (χ1) is 8.40. The summed E-state index contributed by atoms with van der Waals surface area (Å²) in [7, 11) is 2.10. The number of likely N-dealkylation sites (tertiary alicyclic amines) is 1. The summed E-state index contributed by atoms with van der Waals surface area (Å²) in [6, 6.07) is 0. The maximum absolute atomic E-state index is 12.1. The van der Waals surface area contributed by atoms with Gasteiger partial charge in [0, 0.05) is 44.8 Å². The van der Waals surface area contributed by atoms with E-state index < -0.39 is 0 Å². The largest absolute Gasteiger partial charge is 0.339 e. The lowest BCUT2D eigenvalue weighted by molar-refractivity contribution is -0.136. The number of nitrogens with two attached hydrogens (primary N) is 1. The number of carbonyl (C=O) groups is 1. The van der Waals surface area contributed by atoms with Crippen molar-refractivity contribution in [1.29, 1.82) is 0 Å². The van der Waals surface area contributed by atoms with Gasteiger partial charge >= 0.3 is 0 Å². The number of hydrogen-bond donors (Lipinski definition) is 1. The highest BCUT2D eigenvalue weighted by atomic mass is 16.2. The van der Waals surface area contributed by atoms with Crippen molar-refractivity contribution < 1.29 is 4.79 Å². The molecule has 0 radical (unpaired) electrons. The zero-order valence-electron chi connectivity index (χ0n) is 11.9. The second-order valence-electron chi connectivity index (χ2n) is 6.22. The van der Waals surface area contributed by atoms with Crippen molar-refractivity contribution in [1.82, 2.24) is 14.7 Å². The van der Waals surface area contributed by atoms with E-state index in [0.29, 0.717) is 12.5 Å². The van der Waals surface area contributed by atoms with Crippen LogP contribution in [0, 0.1) is 5.92 Å². The lowest BCUT2D eigenvalue weighted by atomic mass is 9.80. The predicted molar refractivity (Wildman–Crippen MR) is 72.3 cm³/mol. The van der Waals surface area contributed by atoms with Gasteiger partial charge in [-0.25, -0.2) is 0 Å². The van der Waals surface area contributed by atoms with E-state index in [1.807, 2.05) is 4.90 Å². The van der Waals surface area contributed by atoms with E-state index in [2.05, 4.69) is 30.7 Å². The Hall–Kier alpha value is -0.650. The zero-order chi connectivity index (χ0) is 13.3. The Morgan fingerprint density at radius 1 is 1.22 bits per heavy atom. The van der Waals surface area contributed by atoms with Crippen LogP contribution < -0.4 is 5.73 Å². The van der Waals surface area contributed by atoms with Crippen molar-refractivity contribution in [2.24, 2.45) is 11.7 Å². The molecule has 2 aliphatic heterocycles. The first-order valence-electron chi connectivity index (χ1n) is 6.88. The second kappa shape index (κ2) is 5.15. The molecule has 0 bridgehead atoms. The molecule has 5 nitrogen and oxygen atoms in total. The molecule has 18 heavy (non-hydrogen) atoms. The third-order valence-corrected chi connectivity index (χ3v) is 4.40. The quantitative estimate of drug-likeness (QED) is 0.733. The van der Waals surface area contributed by atoms with Crippen molar-refractivity contribution in [2.45, 2.75) is 19.4 Å². The Labute approximate surface area is 110 Å². The molecule has 2 aliphatic rings. The Morgan fingerprint density at radius 2 is 1.78 bits per heavy atom.